The van der Waals surface area contributed by atoms with Gasteiger partial charge in [0.15, 0.2) is 5.78 Å². The second kappa shape index (κ2) is 9.87. The van der Waals surface area contributed by atoms with Gasteiger partial charge in [0.25, 0.3) is 0 Å². The molecule has 0 fully saturated rings. The Balaban J connectivity index is 1.91. The van der Waals surface area contributed by atoms with Gasteiger partial charge in [-0.25, -0.2) is 0 Å². The average Bonchev–Trinajstić information content (AvgIpc) is 2.77. The number of hydrogen-bond acceptors (Lipinski definition) is 5. The summed E-state index contributed by atoms with van der Waals surface area (Å²) in [5, 5.41) is 18.5. The minimum Gasteiger partial charge on any atom is -0.396 e. The number of benzene rings is 3. The first-order valence-corrected chi connectivity index (χ1v) is 9.66. The van der Waals surface area contributed by atoms with Crippen LogP contribution in [0.1, 0.15) is 33.5 Å². The van der Waals surface area contributed by atoms with Crippen molar-refractivity contribution in [3.05, 3.63) is 95.1 Å². The lowest BCUT2D eigenvalue weighted by Crippen LogP contribution is -2.26. The minimum atomic E-state index is -0.112. The van der Waals surface area contributed by atoms with Gasteiger partial charge in [-0.15, -0.1) is 0 Å². The maximum absolute atomic E-state index is 12.9. The van der Waals surface area contributed by atoms with Gasteiger partial charge in [0.1, 0.15) is 0 Å². The van der Waals surface area contributed by atoms with Crippen LogP contribution in [0.25, 0.3) is 0 Å². The normalized spacial score (nSPS) is 10.7. The van der Waals surface area contributed by atoms with Crippen molar-refractivity contribution < 1.29 is 15.0 Å². The van der Waals surface area contributed by atoms with Crippen LogP contribution in [0, 0.1) is 0 Å². The van der Waals surface area contributed by atoms with Crippen molar-refractivity contribution in [2.24, 2.45) is 0 Å². The topological polar surface area (TPSA) is 86.8 Å². The van der Waals surface area contributed by atoms with Crippen LogP contribution in [-0.2, 0) is 13.2 Å². The molecule has 0 amide bonds. The largest absolute Gasteiger partial charge is 0.396 e. The van der Waals surface area contributed by atoms with Crippen molar-refractivity contribution in [2.75, 3.05) is 23.8 Å². The van der Waals surface area contributed by atoms with Gasteiger partial charge in [0.2, 0.25) is 0 Å². The van der Waals surface area contributed by atoms with Crippen LogP contribution in [0.4, 0.5) is 11.4 Å². The molecule has 3 aromatic rings. The smallest absolute Gasteiger partial charge is 0.195 e. The van der Waals surface area contributed by atoms with E-state index >= 15 is 0 Å². The summed E-state index contributed by atoms with van der Waals surface area (Å²) in [6, 6.07) is 22.3. The number of carbonyl (C=O) groups excluding carboxylic acids is 1. The van der Waals surface area contributed by atoms with E-state index in [1.54, 1.807) is 18.2 Å². The summed E-state index contributed by atoms with van der Waals surface area (Å²) < 4.78 is 0. The molecular formula is C24H26N2O3. The van der Waals surface area contributed by atoms with Crippen LogP contribution < -0.4 is 10.6 Å². The Morgan fingerprint density at radius 2 is 1.55 bits per heavy atom. The third-order valence-electron chi connectivity index (χ3n) is 4.87. The summed E-state index contributed by atoms with van der Waals surface area (Å²) in [6.07, 6.45) is 0.588. The number of aliphatic hydroxyl groups excluding tert-OH is 2. The molecule has 5 heteroatoms. The molecule has 3 rings (SSSR count). The van der Waals surface area contributed by atoms with Gasteiger partial charge in [0, 0.05) is 30.8 Å². The van der Waals surface area contributed by atoms with Crippen LogP contribution in [0.5, 0.6) is 0 Å². The van der Waals surface area contributed by atoms with Crippen molar-refractivity contribution in [3.8, 4) is 0 Å². The van der Waals surface area contributed by atoms with Crippen LogP contribution in [0.3, 0.4) is 0 Å². The molecule has 0 saturated carbocycles. The number of hydrogen-bond donors (Lipinski definition) is 3. The third kappa shape index (κ3) is 5.02. The van der Waals surface area contributed by atoms with Gasteiger partial charge in [-0.1, -0.05) is 60.7 Å². The zero-order valence-corrected chi connectivity index (χ0v) is 16.3. The molecule has 29 heavy (non-hydrogen) atoms. The standard InChI is InChI=1S/C24H26N2O3/c25-23-21(24(29)20-6-2-1-3-7-20)8-4-9-22(23)26(14-5-15-27)16-18-10-12-19(17-28)13-11-18/h1-4,6-13,27-28H,5,14-17,25H2. The van der Waals surface area contributed by atoms with Crippen LogP contribution in [-0.4, -0.2) is 29.1 Å². The predicted molar refractivity (Wildman–Crippen MR) is 116 cm³/mol. The van der Waals surface area contributed by atoms with Gasteiger partial charge in [-0.2, -0.15) is 0 Å². The van der Waals surface area contributed by atoms with E-state index in [0.717, 1.165) is 16.8 Å². The SMILES string of the molecule is Nc1c(C(=O)c2ccccc2)cccc1N(CCCO)Cc1ccc(CO)cc1. The molecule has 5 nitrogen and oxygen atoms in total. The highest BCUT2D eigenvalue weighted by Gasteiger charge is 2.18. The van der Waals surface area contributed by atoms with Gasteiger partial charge in [0.05, 0.1) is 18.0 Å². The van der Waals surface area contributed by atoms with Crippen LogP contribution in [0.2, 0.25) is 0 Å². The number of rotatable bonds is 9. The van der Waals surface area contributed by atoms with Crippen molar-refractivity contribution in [2.45, 2.75) is 19.6 Å². The molecule has 0 atom stereocenters. The van der Waals surface area contributed by atoms with E-state index in [4.69, 9.17) is 5.73 Å². The summed E-state index contributed by atoms with van der Waals surface area (Å²) in [5.74, 6) is -0.112. The molecule has 0 spiro atoms. The highest BCUT2D eigenvalue weighted by Crippen LogP contribution is 2.30. The van der Waals surface area contributed by atoms with Crippen molar-refractivity contribution in [1.82, 2.24) is 0 Å². The fourth-order valence-electron chi connectivity index (χ4n) is 3.29. The molecule has 4 N–H and O–H groups in total. The zero-order valence-electron chi connectivity index (χ0n) is 16.3. The summed E-state index contributed by atoms with van der Waals surface area (Å²) in [4.78, 5) is 15.0. The Kier molecular flexibility index (Phi) is 7.00. The number of nitrogen functional groups attached to an aromatic ring is 1. The molecule has 0 saturated heterocycles. The fraction of sp³-hybridized carbons (Fsp3) is 0.208. The molecule has 0 aliphatic heterocycles. The predicted octanol–water partition coefficient (Wildman–Crippen LogP) is 3.38. The molecule has 0 unspecified atom stereocenters. The molecule has 0 heterocycles. The van der Waals surface area contributed by atoms with Crippen molar-refractivity contribution >= 4 is 17.2 Å². The molecular weight excluding hydrogens is 364 g/mol. The highest BCUT2D eigenvalue weighted by molar-refractivity contribution is 6.13. The average molecular weight is 390 g/mol. The second-order valence-electron chi connectivity index (χ2n) is 6.91. The lowest BCUT2D eigenvalue weighted by molar-refractivity contribution is 0.103. The van der Waals surface area contributed by atoms with Gasteiger partial charge in [-0.05, 0) is 29.7 Å². The molecule has 0 bridgehead atoms. The van der Waals surface area contributed by atoms with Crippen molar-refractivity contribution in [3.63, 3.8) is 0 Å². The van der Waals surface area contributed by atoms with Crippen LogP contribution in [0.15, 0.2) is 72.8 Å². The van der Waals surface area contributed by atoms with E-state index in [2.05, 4.69) is 4.90 Å². The maximum atomic E-state index is 12.9. The fourth-order valence-corrected chi connectivity index (χ4v) is 3.29. The third-order valence-corrected chi connectivity index (χ3v) is 4.87. The van der Waals surface area contributed by atoms with E-state index in [1.807, 2.05) is 54.6 Å². The number of nitrogens with two attached hydrogens (primary N) is 1. The summed E-state index contributed by atoms with van der Waals surface area (Å²) in [5.41, 5.74) is 10.6. The van der Waals surface area contributed by atoms with Gasteiger partial charge >= 0.3 is 0 Å². The van der Waals surface area contributed by atoms with E-state index in [0.29, 0.717) is 36.3 Å². The summed E-state index contributed by atoms with van der Waals surface area (Å²) in [6.45, 7) is 1.26. The Morgan fingerprint density at radius 3 is 2.21 bits per heavy atom. The van der Waals surface area contributed by atoms with E-state index in [9.17, 15) is 15.0 Å². The minimum absolute atomic E-state index is 0.00506. The van der Waals surface area contributed by atoms with Crippen molar-refractivity contribution in [1.29, 1.82) is 0 Å². The number of nitrogens with zero attached hydrogens (tertiary/aromatic N) is 1. The Labute approximate surface area is 171 Å². The first-order chi connectivity index (χ1) is 14.1. The lowest BCUT2D eigenvalue weighted by Gasteiger charge is -2.27. The lowest BCUT2D eigenvalue weighted by atomic mass is 10.0. The highest BCUT2D eigenvalue weighted by atomic mass is 16.3. The summed E-state index contributed by atoms with van der Waals surface area (Å²) in [7, 11) is 0. The van der Waals surface area contributed by atoms with Gasteiger partial charge in [-0.3, -0.25) is 4.79 Å². The number of anilines is 2. The van der Waals surface area contributed by atoms with E-state index in [1.165, 1.54) is 0 Å². The molecule has 0 aliphatic carbocycles. The molecule has 0 radical (unpaired) electrons. The maximum Gasteiger partial charge on any atom is 0.195 e. The van der Waals surface area contributed by atoms with Crippen LogP contribution >= 0.6 is 0 Å². The first kappa shape index (κ1) is 20.6. The zero-order chi connectivity index (χ0) is 20.6. The Morgan fingerprint density at radius 1 is 0.862 bits per heavy atom. The Bertz CT molecular complexity index is 940. The van der Waals surface area contributed by atoms with E-state index in [-0.39, 0.29) is 19.0 Å². The molecule has 3 aromatic carbocycles. The Hall–Kier alpha value is -3.15. The van der Waals surface area contributed by atoms with E-state index < -0.39 is 0 Å². The molecule has 0 aromatic heterocycles. The summed E-state index contributed by atoms with van der Waals surface area (Å²) >= 11 is 0. The van der Waals surface area contributed by atoms with Gasteiger partial charge < -0.3 is 20.8 Å². The number of carbonyl (C=O) groups is 1. The quantitative estimate of drug-likeness (QED) is 0.385. The number of aliphatic hydroxyl groups is 2. The molecule has 0 aliphatic rings. The number of ketones is 1. The first-order valence-electron chi connectivity index (χ1n) is 9.66. The molecule has 150 valence electrons. The second-order valence-corrected chi connectivity index (χ2v) is 6.91. The number of para-hydroxylation sites is 1. The monoisotopic (exact) mass is 390 g/mol.